The summed E-state index contributed by atoms with van der Waals surface area (Å²) in [4.78, 5) is 11.8. The van der Waals surface area contributed by atoms with Crippen molar-refractivity contribution in [3.05, 3.63) is 66.2 Å². The van der Waals surface area contributed by atoms with Gasteiger partial charge in [-0.2, -0.15) is 5.10 Å². The minimum Gasteiger partial charge on any atom is -0.384 e. The smallest absolute Gasteiger partial charge is 0.222 e. The van der Waals surface area contributed by atoms with Crippen LogP contribution in [-0.2, 0) is 16.1 Å². The van der Waals surface area contributed by atoms with Crippen LogP contribution in [0.15, 0.2) is 60.7 Å². The zero-order valence-electron chi connectivity index (χ0n) is 15.2. The van der Waals surface area contributed by atoms with Crippen LogP contribution in [0.3, 0.4) is 0 Å². The maximum Gasteiger partial charge on any atom is 0.222 e. The van der Waals surface area contributed by atoms with Gasteiger partial charge in [0.1, 0.15) is 0 Å². The van der Waals surface area contributed by atoms with E-state index in [1.165, 1.54) is 10.8 Å². The summed E-state index contributed by atoms with van der Waals surface area (Å²) in [7, 11) is 1.59. The van der Waals surface area contributed by atoms with E-state index in [0.29, 0.717) is 19.6 Å². The van der Waals surface area contributed by atoms with Crippen LogP contribution in [0.1, 0.15) is 12.0 Å². The third-order valence-electron chi connectivity index (χ3n) is 4.67. The van der Waals surface area contributed by atoms with Gasteiger partial charge < -0.3 is 10.1 Å². The van der Waals surface area contributed by atoms with Gasteiger partial charge in [0.25, 0.3) is 0 Å². The molecule has 4 rings (SSSR count). The zero-order valence-corrected chi connectivity index (χ0v) is 15.2. The number of nitrogens with one attached hydrogen (secondary N) is 2. The van der Waals surface area contributed by atoms with Crippen LogP contribution in [0.25, 0.3) is 32.9 Å². The lowest BCUT2D eigenvalue weighted by molar-refractivity contribution is -0.122. The molecule has 0 aliphatic carbocycles. The standard InChI is InChI=1S/C22H21N3O2/c1-27-11-10-21(26)23-14-15-6-9-20-19(12-15)22(25-24-20)18-8-7-16-4-2-3-5-17(16)13-18/h2-9,12-13H,10-11,14H2,1H3,(H,23,26)(H,24,25). The van der Waals surface area contributed by atoms with Crippen molar-refractivity contribution in [2.24, 2.45) is 0 Å². The van der Waals surface area contributed by atoms with Crippen LogP contribution in [0.5, 0.6) is 0 Å². The molecule has 4 aromatic rings. The maximum atomic E-state index is 11.8. The molecule has 5 nitrogen and oxygen atoms in total. The van der Waals surface area contributed by atoms with E-state index >= 15 is 0 Å². The minimum atomic E-state index is -0.0149. The second-order valence-corrected chi connectivity index (χ2v) is 6.53. The predicted molar refractivity (Wildman–Crippen MR) is 107 cm³/mol. The van der Waals surface area contributed by atoms with E-state index in [1.807, 2.05) is 24.3 Å². The summed E-state index contributed by atoms with van der Waals surface area (Å²) in [5.74, 6) is -0.0149. The number of benzene rings is 3. The van der Waals surface area contributed by atoms with Gasteiger partial charge in [-0.1, -0.05) is 42.5 Å². The number of fused-ring (bicyclic) bond motifs is 2. The van der Waals surface area contributed by atoms with Crippen LogP contribution >= 0.6 is 0 Å². The first-order chi connectivity index (χ1) is 13.2. The first kappa shape index (κ1) is 17.2. The fourth-order valence-electron chi connectivity index (χ4n) is 3.21. The Morgan fingerprint density at radius 2 is 1.93 bits per heavy atom. The number of ether oxygens (including phenoxy) is 1. The average Bonchev–Trinajstić information content (AvgIpc) is 3.13. The fraction of sp³-hybridized carbons (Fsp3) is 0.182. The molecule has 0 saturated carbocycles. The maximum absolute atomic E-state index is 11.8. The lowest BCUT2D eigenvalue weighted by Gasteiger charge is -2.06. The second-order valence-electron chi connectivity index (χ2n) is 6.53. The summed E-state index contributed by atoms with van der Waals surface area (Å²) in [5.41, 5.74) is 4.01. The number of carbonyl (C=O) groups is 1. The van der Waals surface area contributed by atoms with Crippen LogP contribution < -0.4 is 5.32 Å². The van der Waals surface area contributed by atoms with Crippen molar-refractivity contribution in [2.45, 2.75) is 13.0 Å². The molecular formula is C22H21N3O2. The second kappa shape index (κ2) is 7.60. The van der Waals surface area contributed by atoms with E-state index in [9.17, 15) is 4.79 Å². The van der Waals surface area contributed by atoms with Gasteiger partial charge in [-0.3, -0.25) is 9.89 Å². The highest BCUT2D eigenvalue weighted by Crippen LogP contribution is 2.29. The molecule has 0 unspecified atom stereocenters. The van der Waals surface area contributed by atoms with Crippen molar-refractivity contribution in [1.82, 2.24) is 15.5 Å². The Morgan fingerprint density at radius 1 is 1.07 bits per heavy atom. The van der Waals surface area contributed by atoms with Crippen LogP contribution in [-0.4, -0.2) is 29.8 Å². The molecule has 1 aromatic heterocycles. The van der Waals surface area contributed by atoms with Gasteiger partial charge in [0.15, 0.2) is 0 Å². The summed E-state index contributed by atoms with van der Waals surface area (Å²) in [5, 5.41) is 14.0. The van der Waals surface area contributed by atoms with E-state index in [2.05, 4.69) is 51.9 Å². The van der Waals surface area contributed by atoms with E-state index < -0.39 is 0 Å². The number of H-pyrrole nitrogens is 1. The summed E-state index contributed by atoms with van der Waals surface area (Å²) in [6, 6.07) is 20.7. The number of methoxy groups -OCH3 is 1. The van der Waals surface area contributed by atoms with E-state index in [0.717, 1.165) is 27.7 Å². The highest BCUT2D eigenvalue weighted by molar-refractivity contribution is 5.96. The highest BCUT2D eigenvalue weighted by Gasteiger charge is 2.10. The molecule has 0 spiro atoms. The van der Waals surface area contributed by atoms with Gasteiger partial charge in [-0.25, -0.2) is 0 Å². The number of rotatable bonds is 6. The van der Waals surface area contributed by atoms with Crippen molar-refractivity contribution < 1.29 is 9.53 Å². The minimum absolute atomic E-state index is 0.0149. The largest absolute Gasteiger partial charge is 0.384 e. The molecular weight excluding hydrogens is 338 g/mol. The van der Waals surface area contributed by atoms with Crippen molar-refractivity contribution >= 4 is 27.6 Å². The van der Waals surface area contributed by atoms with Crippen molar-refractivity contribution in [3.63, 3.8) is 0 Å². The molecule has 0 saturated heterocycles. The Kier molecular flexibility index (Phi) is 4.85. The summed E-state index contributed by atoms with van der Waals surface area (Å²) in [6.07, 6.45) is 0.368. The quantitative estimate of drug-likeness (QED) is 0.546. The van der Waals surface area contributed by atoms with Crippen molar-refractivity contribution in [2.75, 3.05) is 13.7 Å². The van der Waals surface area contributed by atoms with Gasteiger partial charge in [-0.15, -0.1) is 0 Å². The number of carbonyl (C=O) groups excluding carboxylic acids is 1. The first-order valence-electron chi connectivity index (χ1n) is 8.96. The molecule has 136 valence electrons. The first-order valence-corrected chi connectivity index (χ1v) is 8.96. The average molecular weight is 359 g/mol. The molecule has 0 atom stereocenters. The molecule has 2 N–H and O–H groups in total. The molecule has 0 aliphatic rings. The zero-order chi connectivity index (χ0) is 18.6. The van der Waals surface area contributed by atoms with Gasteiger partial charge in [0.2, 0.25) is 5.91 Å². The molecule has 0 bridgehead atoms. The molecule has 0 fully saturated rings. The number of aromatic amines is 1. The Morgan fingerprint density at radius 3 is 2.78 bits per heavy atom. The van der Waals surface area contributed by atoms with E-state index in [1.54, 1.807) is 7.11 Å². The summed E-state index contributed by atoms with van der Waals surface area (Å²) < 4.78 is 4.93. The number of aromatic nitrogens is 2. The van der Waals surface area contributed by atoms with Gasteiger partial charge in [-0.05, 0) is 34.5 Å². The van der Waals surface area contributed by atoms with E-state index in [4.69, 9.17) is 4.74 Å². The van der Waals surface area contributed by atoms with Crippen LogP contribution in [0.4, 0.5) is 0 Å². The van der Waals surface area contributed by atoms with Gasteiger partial charge in [0, 0.05) is 31.0 Å². The van der Waals surface area contributed by atoms with Crippen LogP contribution in [0, 0.1) is 0 Å². The van der Waals surface area contributed by atoms with Crippen molar-refractivity contribution in [3.8, 4) is 11.3 Å². The van der Waals surface area contributed by atoms with Gasteiger partial charge >= 0.3 is 0 Å². The van der Waals surface area contributed by atoms with Crippen LogP contribution in [0.2, 0.25) is 0 Å². The Hall–Kier alpha value is -3.18. The Bertz CT molecular complexity index is 1100. The fourth-order valence-corrected chi connectivity index (χ4v) is 3.21. The van der Waals surface area contributed by atoms with E-state index in [-0.39, 0.29) is 5.91 Å². The topological polar surface area (TPSA) is 67.0 Å². The molecule has 1 heterocycles. The Balaban J connectivity index is 1.62. The molecule has 0 radical (unpaired) electrons. The predicted octanol–water partition coefficient (Wildman–Crippen LogP) is 4.04. The third-order valence-corrected chi connectivity index (χ3v) is 4.67. The highest BCUT2D eigenvalue weighted by atomic mass is 16.5. The monoisotopic (exact) mass is 359 g/mol. The molecule has 27 heavy (non-hydrogen) atoms. The van der Waals surface area contributed by atoms with Gasteiger partial charge in [0.05, 0.1) is 17.8 Å². The Labute approximate surface area is 157 Å². The lowest BCUT2D eigenvalue weighted by atomic mass is 10.0. The molecule has 0 aliphatic heterocycles. The third kappa shape index (κ3) is 3.68. The van der Waals surface area contributed by atoms with Crippen molar-refractivity contribution in [1.29, 1.82) is 0 Å². The lowest BCUT2D eigenvalue weighted by Crippen LogP contribution is -2.23. The molecule has 1 amide bonds. The number of nitrogens with zero attached hydrogens (tertiary/aromatic N) is 1. The normalized spacial score (nSPS) is 11.1. The molecule has 5 heteroatoms. The summed E-state index contributed by atoms with van der Waals surface area (Å²) >= 11 is 0. The summed E-state index contributed by atoms with van der Waals surface area (Å²) in [6.45, 7) is 0.916. The number of amides is 1. The number of hydrogen-bond acceptors (Lipinski definition) is 3. The SMILES string of the molecule is COCCC(=O)NCc1ccc2[nH]nc(-c3ccc4ccccc4c3)c2c1. The molecule has 3 aromatic carbocycles. The number of hydrogen-bond donors (Lipinski definition) is 2.